The number of ether oxygens (including phenoxy) is 1. The molecule has 0 unspecified atom stereocenters. The van der Waals surface area contributed by atoms with Gasteiger partial charge in [-0.05, 0) is 71.6 Å². The van der Waals surface area contributed by atoms with Crippen molar-refractivity contribution in [1.82, 2.24) is 35.6 Å². The second-order valence-electron chi connectivity index (χ2n) is 8.65. The maximum atomic E-state index is 13.0. The molecule has 0 aliphatic carbocycles. The van der Waals surface area contributed by atoms with Crippen molar-refractivity contribution >= 4 is 17.9 Å². The van der Waals surface area contributed by atoms with Gasteiger partial charge in [-0.2, -0.15) is 9.78 Å². The van der Waals surface area contributed by atoms with E-state index in [1.807, 2.05) is 54.6 Å². The Bertz CT molecular complexity index is 1340. The molecule has 0 radical (unpaired) electrons. The Morgan fingerprint density at radius 1 is 1.08 bits per heavy atom. The molecular weight excluding hydrogens is 474 g/mol. The predicted octanol–water partition coefficient (Wildman–Crippen LogP) is 2.56. The number of likely N-dealkylation sites (tertiary alicyclic amines) is 1. The van der Waals surface area contributed by atoms with Crippen molar-refractivity contribution in [3.63, 3.8) is 0 Å². The number of anilines is 1. The minimum absolute atomic E-state index is 0.0611. The lowest BCUT2D eigenvalue weighted by Crippen LogP contribution is -2.31. The van der Waals surface area contributed by atoms with Crippen LogP contribution in [0.2, 0.25) is 0 Å². The molecule has 0 spiro atoms. The van der Waals surface area contributed by atoms with E-state index in [9.17, 15) is 4.79 Å². The Morgan fingerprint density at radius 2 is 1.86 bits per heavy atom. The van der Waals surface area contributed by atoms with Crippen molar-refractivity contribution in [2.24, 2.45) is 5.10 Å². The molecule has 190 valence electrons. The average molecular weight is 502 g/mol. The van der Waals surface area contributed by atoms with E-state index in [4.69, 9.17) is 15.1 Å². The number of benzene rings is 2. The molecule has 12 heteroatoms. The van der Waals surface area contributed by atoms with Gasteiger partial charge in [0.15, 0.2) is 5.69 Å². The first-order chi connectivity index (χ1) is 18.2. The largest absolute Gasteiger partial charge is 0.489 e. The van der Waals surface area contributed by atoms with E-state index in [0.717, 1.165) is 42.8 Å². The Labute approximate surface area is 213 Å². The number of nitrogens with two attached hydrogens (primary N) is 1. The minimum Gasteiger partial charge on any atom is -0.489 e. The Balaban J connectivity index is 1.24. The van der Waals surface area contributed by atoms with Gasteiger partial charge in [0.05, 0.1) is 11.9 Å². The van der Waals surface area contributed by atoms with Crippen LogP contribution >= 0.6 is 0 Å². The normalized spacial score (nSPS) is 14.2. The lowest BCUT2D eigenvalue weighted by Gasteiger charge is -2.26. The third-order valence-corrected chi connectivity index (χ3v) is 6.00. The highest BCUT2D eigenvalue weighted by atomic mass is 16.6. The van der Waals surface area contributed by atoms with E-state index in [1.54, 1.807) is 6.21 Å². The topological polar surface area (TPSA) is 150 Å². The highest BCUT2D eigenvalue weighted by Crippen LogP contribution is 2.20. The monoisotopic (exact) mass is 501 g/mol. The highest BCUT2D eigenvalue weighted by Gasteiger charge is 2.26. The molecule has 37 heavy (non-hydrogen) atoms. The zero-order valence-corrected chi connectivity index (χ0v) is 20.2. The molecule has 5 rings (SSSR count). The summed E-state index contributed by atoms with van der Waals surface area (Å²) in [4.78, 5) is 15.2. The van der Waals surface area contributed by atoms with E-state index in [0.29, 0.717) is 18.8 Å². The van der Waals surface area contributed by atoms with Gasteiger partial charge < -0.3 is 10.5 Å². The number of aromatic nitrogens is 5. The van der Waals surface area contributed by atoms with Gasteiger partial charge in [0.1, 0.15) is 12.4 Å². The van der Waals surface area contributed by atoms with Gasteiger partial charge in [0, 0.05) is 6.54 Å². The number of amides is 1. The molecule has 0 atom stereocenters. The molecule has 3 N–H and O–H groups in total. The van der Waals surface area contributed by atoms with E-state index >= 15 is 0 Å². The van der Waals surface area contributed by atoms with E-state index < -0.39 is 5.91 Å². The molecular formula is C25H27N9O3. The van der Waals surface area contributed by atoms with Gasteiger partial charge in [-0.3, -0.25) is 9.69 Å². The number of hydrazone groups is 1. The van der Waals surface area contributed by atoms with Crippen LogP contribution in [0.3, 0.4) is 0 Å². The number of nitrogens with zero attached hydrogens (tertiary/aromatic N) is 7. The highest BCUT2D eigenvalue weighted by molar-refractivity contribution is 5.94. The van der Waals surface area contributed by atoms with Gasteiger partial charge in [0.25, 0.3) is 5.91 Å². The summed E-state index contributed by atoms with van der Waals surface area (Å²) < 4.78 is 11.9. The van der Waals surface area contributed by atoms with Crippen molar-refractivity contribution in [3.05, 3.63) is 77.1 Å². The number of rotatable bonds is 9. The van der Waals surface area contributed by atoms with Gasteiger partial charge in [-0.25, -0.2) is 10.1 Å². The average Bonchev–Trinajstić information content (AvgIpc) is 3.55. The first-order valence-electron chi connectivity index (χ1n) is 12.0. The molecule has 1 saturated heterocycles. The summed E-state index contributed by atoms with van der Waals surface area (Å²) in [5.74, 6) is 0.501. The van der Waals surface area contributed by atoms with Crippen LogP contribution in [0.5, 0.6) is 5.75 Å². The third-order valence-electron chi connectivity index (χ3n) is 6.00. The standard InChI is InChI=1S/C25H27N9O3/c26-23-24(31-37-30-23)34-21(16-33-13-5-2-6-14-33)22(28-32-34)25(35)29-27-15-18-9-11-20(12-10-18)36-17-19-7-3-1-4-8-19/h1,3-4,7-12,15H,2,5-6,13-14,16-17H2,(H2,26,30)(H,29,35)/b27-15-. The number of carbonyl (C=O) groups excluding carboxylic acids is 1. The lowest BCUT2D eigenvalue weighted by molar-refractivity contribution is 0.0947. The van der Waals surface area contributed by atoms with Crippen LogP contribution < -0.4 is 15.9 Å². The summed E-state index contributed by atoms with van der Waals surface area (Å²) in [6.07, 6.45) is 4.93. The van der Waals surface area contributed by atoms with Crippen LogP contribution in [0.4, 0.5) is 5.82 Å². The van der Waals surface area contributed by atoms with Crippen molar-refractivity contribution in [2.45, 2.75) is 32.4 Å². The summed E-state index contributed by atoms with van der Waals surface area (Å²) in [5.41, 5.74) is 11.0. The molecule has 1 aliphatic heterocycles. The van der Waals surface area contributed by atoms with E-state index in [2.05, 4.69) is 36.1 Å². The fraction of sp³-hybridized carbons (Fsp3) is 0.280. The first kappa shape index (κ1) is 24.1. The molecule has 4 aromatic rings. The van der Waals surface area contributed by atoms with Crippen LogP contribution in [-0.4, -0.2) is 55.4 Å². The molecule has 3 heterocycles. The SMILES string of the molecule is Nc1nonc1-n1nnc(C(=O)N/N=C\c2ccc(OCc3ccccc3)cc2)c1CN1CCCCC1. The zero-order valence-electron chi connectivity index (χ0n) is 20.2. The first-order valence-corrected chi connectivity index (χ1v) is 12.0. The van der Waals surface area contributed by atoms with Crippen LogP contribution in [0.15, 0.2) is 64.3 Å². The number of nitrogens with one attached hydrogen (secondary N) is 1. The molecule has 1 amide bonds. The summed E-state index contributed by atoms with van der Waals surface area (Å²) in [6, 6.07) is 17.4. The zero-order chi connectivity index (χ0) is 25.5. The Morgan fingerprint density at radius 3 is 2.59 bits per heavy atom. The number of hydrogen-bond donors (Lipinski definition) is 2. The van der Waals surface area contributed by atoms with Gasteiger partial charge >= 0.3 is 0 Å². The van der Waals surface area contributed by atoms with Crippen molar-refractivity contribution in [2.75, 3.05) is 18.8 Å². The Kier molecular flexibility index (Phi) is 7.46. The molecule has 12 nitrogen and oxygen atoms in total. The number of nitrogen functional groups attached to an aromatic ring is 1. The summed E-state index contributed by atoms with van der Waals surface area (Å²) in [5, 5.41) is 19.7. The van der Waals surface area contributed by atoms with E-state index in [-0.39, 0.29) is 17.3 Å². The second-order valence-corrected chi connectivity index (χ2v) is 8.65. The summed E-state index contributed by atoms with van der Waals surface area (Å²) >= 11 is 0. The molecule has 0 bridgehead atoms. The Hall–Kier alpha value is -4.58. The lowest BCUT2D eigenvalue weighted by atomic mass is 10.1. The quantitative estimate of drug-likeness (QED) is 0.260. The fourth-order valence-electron chi connectivity index (χ4n) is 4.07. The number of piperidine rings is 1. The van der Waals surface area contributed by atoms with Crippen LogP contribution in [0.25, 0.3) is 5.82 Å². The summed E-state index contributed by atoms with van der Waals surface area (Å²) in [6.45, 7) is 2.78. The smallest absolute Gasteiger partial charge is 0.293 e. The van der Waals surface area contributed by atoms with Crippen LogP contribution in [0, 0.1) is 0 Å². The maximum absolute atomic E-state index is 13.0. The third kappa shape index (κ3) is 5.98. The molecule has 2 aromatic heterocycles. The number of hydrogen-bond acceptors (Lipinski definition) is 10. The van der Waals surface area contributed by atoms with Gasteiger partial charge in [-0.1, -0.05) is 42.0 Å². The minimum atomic E-state index is -0.493. The number of carbonyl (C=O) groups is 1. The van der Waals surface area contributed by atoms with Crippen molar-refractivity contribution in [1.29, 1.82) is 0 Å². The van der Waals surface area contributed by atoms with Gasteiger partial charge in [0.2, 0.25) is 11.6 Å². The van der Waals surface area contributed by atoms with Crippen LogP contribution in [0.1, 0.15) is 46.6 Å². The second kappa shape index (κ2) is 11.4. The maximum Gasteiger partial charge on any atom is 0.293 e. The van der Waals surface area contributed by atoms with E-state index in [1.165, 1.54) is 11.1 Å². The molecule has 1 aliphatic rings. The predicted molar refractivity (Wildman–Crippen MR) is 135 cm³/mol. The molecule has 2 aromatic carbocycles. The molecule has 0 saturated carbocycles. The fourth-order valence-corrected chi connectivity index (χ4v) is 4.07. The van der Waals surface area contributed by atoms with Crippen molar-refractivity contribution < 1.29 is 14.2 Å². The summed E-state index contributed by atoms with van der Waals surface area (Å²) in [7, 11) is 0. The van der Waals surface area contributed by atoms with Gasteiger partial charge in [-0.15, -0.1) is 5.10 Å². The van der Waals surface area contributed by atoms with Crippen LogP contribution in [-0.2, 0) is 13.2 Å². The molecule has 1 fully saturated rings. The van der Waals surface area contributed by atoms with Crippen molar-refractivity contribution in [3.8, 4) is 11.6 Å².